The van der Waals surface area contributed by atoms with Gasteiger partial charge < -0.3 is 14.8 Å². The molecule has 0 saturated carbocycles. The van der Waals surface area contributed by atoms with E-state index in [1.807, 2.05) is 47.6 Å². The van der Waals surface area contributed by atoms with Gasteiger partial charge in [-0.1, -0.05) is 42.5 Å². The number of carbonyl (C=O) groups is 1. The lowest BCUT2D eigenvalue weighted by atomic mass is 10.1. The van der Waals surface area contributed by atoms with Crippen molar-refractivity contribution in [3.8, 4) is 0 Å². The van der Waals surface area contributed by atoms with Gasteiger partial charge in [0.2, 0.25) is 0 Å². The zero-order valence-electron chi connectivity index (χ0n) is 14.1. The van der Waals surface area contributed by atoms with Crippen molar-refractivity contribution in [3.05, 3.63) is 66.5 Å². The van der Waals surface area contributed by atoms with Crippen LogP contribution in [0.15, 0.2) is 60.9 Å². The van der Waals surface area contributed by atoms with Gasteiger partial charge in [0.05, 0.1) is 23.4 Å². The molecule has 1 fully saturated rings. The van der Waals surface area contributed by atoms with Crippen molar-refractivity contribution in [2.24, 2.45) is 0 Å². The van der Waals surface area contributed by atoms with Crippen LogP contribution in [-0.2, 0) is 6.42 Å². The minimum atomic E-state index is 0.0304. The maximum atomic E-state index is 12.4. The second-order valence-corrected chi connectivity index (χ2v) is 6.50. The van der Waals surface area contributed by atoms with Crippen LogP contribution in [0.3, 0.4) is 0 Å². The zero-order valence-corrected chi connectivity index (χ0v) is 14.1. The third-order valence-corrected chi connectivity index (χ3v) is 4.86. The van der Waals surface area contributed by atoms with E-state index in [-0.39, 0.29) is 6.03 Å². The number of amides is 2. The molecule has 2 heterocycles. The predicted octanol–water partition coefficient (Wildman–Crippen LogP) is 3.24. The van der Waals surface area contributed by atoms with E-state index in [1.165, 1.54) is 5.56 Å². The van der Waals surface area contributed by atoms with Crippen LogP contribution in [0.5, 0.6) is 0 Å². The van der Waals surface area contributed by atoms with Crippen molar-refractivity contribution in [2.75, 3.05) is 19.6 Å². The smallest absolute Gasteiger partial charge is 0.317 e. The van der Waals surface area contributed by atoms with Gasteiger partial charge in [0.15, 0.2) is 0 Å². The van der Waals surface area contributed by atoms with Crippen molar-refractivity contribution in [1.82, 2.24) is 19.8 Å². The Labute approximate surface area is 147 Å². The number of hydrogen-bond acceptors (Lipinski definition) is 2. The molecule has 2 amide bonds. The first-order valence-corrected chi connectivity index (χ1v) is 8.79. The summed E-state index contributed by atoms with van der Waals surface area (Å²) in [6.07, 6.45) is 3.72. The van der Waals surface area contributed by atoms with Gasteiger partial charge in [-0.25, -0.2) is 9.78 Å². The van der Waals surface area contributed by atoms with E-state index in [4.69, 9.17) is 0 Å². The lowest BCUT2D eigenvalue weighted by Crippen LogP contribution is -2.39. The normalized spacial score (nSPS) is 17.1. The largest absolute Gasteiger partial charge is 0.338 e. The first kappa shape index (κ1) is 15.7. The maximum absolute atomic E-state index is 12.4. The zero-order chi connectivity index (χ0) is 17.1. The van der Waals surface area contributed by atoms with Crippen molar-refractivity contribution < 1.29 is 4.79 Å². The topological polar surface area (TPSA) is 50.2 Å². The SMILES string of the molecule is O=C(NCCc1ccccc1)N1CCC(n2cnc3ccccc32)C1. The van der Waals surface area contributed by atoms with E-state index >= 15 is 0 Å². The van der Waals surface area contributed by atoms with Crippen LogP contribution >= 0.6 is 0 Å². The average Bonchev–Trinajstić information content (AvgIpc) is 3.29. The first-order valence-electron chi connectivity index (χ1n) is 8.79. The molecule has 1 atom stereocenters. The van der Waals surface area contributed by atoms with E-state index in [0.29, 0.717) is 12.6 Å². The van der Waals surface area contributed by atoms with Crippen LogP contribution in [0.4, 0.5) is 4.79 Å². The third kappa shape index (κ3) is 3.36. The number of nitrogens with one attached hydrogen (secondary N) is 1. The Bertz CT molecular complexity index is 858. The average molecular weight is 334 g/mol. The second-order valence-electron chi connectivity index (χ2n) is 6.50. The van der Waals surface area contributed by atoms with Gasteiger partial charge in [0.1, 0.15) is 0 Å². The number of fused-ring (bicyclic) bond motifs is 1. The molecule has 0 aliphatic carbocycles. The molecule has 2 aromatic carbocycles. The number of likely N-dealkylation sites (tertiary alicyclic amines) is 1. The fraction of sp³-hybridized carbons (Fsp3) is 0.300. The van der Waals surface area contributed by atoms with E-state index in [9.17, 15) is 4.79 Å². The van der Waals surface area contributed by atoms with Crippen molar-refractivity contribution in [1.29, 1.82) is 0 Å². The molecule has 5 heteroatoms. The maximum Gasteiger partial charge on any atom is 0.317 e. The number of urea groups is 1. The first-order chi connectivity index (χ1) is 12.3. The molecule has 1 unspecified atom stereocenters. The number of aromatic nitrogens is 2. The van der Waals surface area contributed by atoms with Gasteiger partial charge in [-0.05, 0) is 30.5 Å². The second kappa shape index (κ2) is 6.97. The highest BCUT2D eigenvalue weighted by Crippen LogP contribution is 2.25. The molecular formula is C20H22N4O. The van der Waals surface area contributed by atoms with Gasteiger partial charge in [0.25, 0.3) is 0 Å². The van der Waals surface area contributed by atoms with Gasteiger partial charge in [-0.2, -0.15) is 0 Å². The molecule has 0 radical (unpaired) electrons. The lowest BCUT2D eigenvalue weighted by molar-refractivity contribution is 0.207. The summed E-state index contributed by atoms with van der Waals surface area (Å²) in [5.74, 6) is 0. The third-order valence-electron chi connectivity index (χ3n) is 4.86. The summed E-state index contributed by atoms with van der Waals surface area (Å²) >= 11 is 0. The van der Waals surface area contributed by atoms with Crippen LogP contribution in [0.2, 0.25) is 0 Å². The summed E-state index contributed by atoms with van der Waals surface area (Å²) in [6.45, 7) is 2.18. The summed E-state index contributed by atoms with van der Waals surface area (Å²) in [7, 11) is 0. The fourth-order valence-electron chi connectivity index (χ4n) is 3.49. The minimum absolute atomic E-state index is 0.0304. The van der Waals surface area contributed by atoms with Crippen LogP contribution < -0.4 is 5.32 Å². The quantitative estimate of drug-likeness (QED) is 0.796. The standard InChI is InChI=1S/C20H22N4O/c25-20(21-12-10-16-6-2-1-3-7-16)23-13-11-17(14-23)24-15-22-18-8-4-5-9-19(18)24/h1-9,15,17H,10-14H2,(H,21,25). The molecule has 3 aromatic rings. The summed E-state index contributed by atoms with van der Waals surface area (Å²) in [5, 5.41) is 3.04. The molecular weight excluding hydrogens is 312 g/mol. The summed E-state index contributed by atoms with van der Waals surface area (Å²) in [6, 6.07) is 18.7. The highest BCUT2D eigenvalue weighted by molar-refractivity contribution is 5.76. The van der Waals surface area contributed by atoms with E-state index in [2.05, 4.69) is 33.1 Å². The van der Waals surface area contributed by atoms with Crippen LogP contribution in [0.1, 0.15) is 18.0 Å². The van der Waals surface area contributed by atoms with Gasteiger partial charge in [0, 0.05) is 19.6 Å². The molecule has 1 N–H and O–H groups in total. The summed E-state index contributed by atoms with van der Waals surface area (Å²) in [4.78, 5) is 18.8. The van der Waals surface area contributed by atoms with Gasteiger partial charge >= 0.3 is 6.03 Å². The highest BCUT2D eigenvalue weighted by atomic mass is 16.2. The molecule has 0 spiro atoms. The summed E-state index contributed by atoms with van der Waals surface area (Å²) in [5.41, 5.74) is 3.39. The van der Waals surface area contributed by atoms with E-state index < -0.39 is 0 Å². The molecule has 0 bridgehead atoms. The predicted molar refractivity (Wildman–Crippen MR) is 98.5 cm³/mol. The molecule has 1 aliphatic heterocycles. The van der Waals surface area contributed by atoms with E-state index in [0.717, 1.165) is 37.0 Å². The Morgan fingerprint density at radius 1 is 1.12 bits per heavy atom. The highest BCUT2D eigenvalue weighted by Gasteiger charge is 2.27. The molecule has 5 nitrogen and oxygen atoms in total. The van der Waals surface area contributed by atoms with Crippen LogP contribution in [0.25, 0.3) is 11.0 Å². The molecule has 128 valence electrons. The Morgan fingerprint density at radius 2 is 1.92 bits per heavy atom. The van der Waals surface area contributed by atoms with Gasteiger partial charge in [-0.15, -0.1) is 0 Å². The number of benzene rings is 2. The number of carbonyl (C=O) groups excluding carboxylic acids is 1. The summed E-state index contributed by atoms with van der Waals surface area (Å²) < 4.78 is 2.20. The van der Waals surface area contributed by atoms with Crippen LogP contribution in [0, 0.1) is 0 Å². The van der Waals surface area contributed by atoms with Crippen molar-refractivity contribution in [3.63, 3.8) is 0 Å². The molecule has 1 aliphatic rings. The Kier molecular flexibility index (Phi) is 4.37. The lowest BCUT2D eigenvalue weighted by Gasteiger charge is -2.18. The van der Waals surface area contributed by atoms with Crippen molar-refractivity contribution >= 4 is 17.1 Å². The van der Waals surface area contributed by atoms with Gasteiger partial charge in [-0.3, -0.25) is 0 Å². The van der Waals surface area contributed by atoms with E-state index in [1.54, 1.807) is 0 Å². The number of nitrogens with zero attached hydrogens (tertiary/aromatic N) is 3. The molecule has 1 aromatic heterocycles. The fourth-order valence-corrected chi connectivity index (χ4v) is 3.49. The molecule has 25 heavy (non-hydrogen) atoms. The Hall–Kier alpha value is -2.82. The number of imidazole rings is 1. The number of hydrogen-bond donors (Lipinski definition) is 1. The van der Waals surface area contributed by atoms with Crippen LogP contribution in [-0.4, -0.2) is 40.1 Å². The number of para-hydroxylation sites is 2. The monoisotopic (exact) mass is 334 g/mol. The molecule has 1 saturated heterocycles. The number of rotatable bonds is 4. The molecule has 4 rings (SSSR count). The van der Waals surface area contributed by atoms with Crippen molar-refractivity contribution in [2.45, 2.75) is 18.9 Å². The minimum Gasteiger partial charge on any atom is -0.338 e. The Balaban J connectivity index is 1.33. The Morgan fingerprint density at radius 3 is 2.80 bits per heavy atom.